The van der Waals surface area contributed by atoms with E-state index in [0.717, 1.165) is 25.7 Å². The van der Waals surface area contributed by atoms with E-state index in [-0.39, 0.29) is 17.8 Å². The van der Waals surface area contributed by atoms with Gasteiger partial charge < -0.3 is 10.2 Å². The van der Waals surface area contributed by atoms with E-state index in [9.17, 15) is 9.59 Å². The lowest BCUT2D eigenvalue weighted by molar-refractivity contribution is -0.151. The molecule has 0 aliphatic heterocycles. The summed E-state index contributed by atoms with van der Waals surface area (Å²) in [7, 11) is 0. The smallest absolute Gasteiger partial charge is 0.307 e. The highest BCUT2D eigenvalue weighted by Gasteiger charge is 2.36. The predicted octanol–water partition coefficient (Wildman–Crippen LogP) is 3.01. The number of carbonyl (C=O) groups is 2. The highest BCUT2D eigenvalue weighted by Crippen LogP contribution is 2.42. The first-order valence-electron chi connectivity index (χ1n) is 6.66. The molecule has 0 amide bonds. The molecule has 1 aliphatic carbocycles. The number of hydrogen-bond donors (Lipinski definition) is 2. The van der Waals surface area contributed by atoms with Crippen molar-refractivity contribution in [2.45, 2.75) is 52.9 Å². The zero-order valence-electron chi connectivity index (χ0n) is 11.5. The van der Waals surface area contributed by atoms with Crippen LogP contribution in [0.1, 0.15) is 52.9 Å². The van der Waals surface area contributed by atoms with Crippen LogP contribution in [-0.4, -0.2) is 22.2 Å². The highest BCUT2D eigenvalue weighted by atomic mass is 16.4. The molecule has 104 valence electrons. The third-order valence-corrected chi connectivity index (χ3v) is 4.28. The Kier molecular flexibility index (Phi) is 4.77. The molecule has 1 saturated carbocycles. The van der Waals surface area contributed by atoms with Gasteiger partial charge in [0, 0.05) is 0 Å². The predicted molar refractivity (Wildman–Crippen MR) is 68.3 cm³/mol. The number of carboxylic acids is 2. The van der Waals surface area contributed by atoms with Gasteiger partial charge in [-0.15, -0.1) is 0 Å². The molecule has 2 N–H and O–H groups in total. The second-order valence-electron chi connectivity index (χ2n) is 6.52. The summed E-state index contributed by atoms with van der Waals surface area (Å²) in [6.45, 7) is 6.64. The SMILES string of the molecule is CC(C)(C)C1CCC(C(CC(=O)O)C(=O)O)CC1. The van der Waals surface area contributed by atoms with Gasteiger partial charge in [0.15, 0.2) is 0 Å². The molecule has 0 heterocycles. The van der Waals surface area contributed by atoms with Crippen molar-refractivity contribution in [1.29, 1.82) is 0 Å². The first-order chi connectivity index (χ1) is 8.21. The van der Waals surface area contributed by atoms with Crippen LogP contribution in [-0.2, 0) is 9.59 Å². The molecule has 0 saturated heterocycles. The fraction of sp³-hybridized carbons (Fsp3) is 0.857. The number of rotatable bonds is 4. The first-order valence-corrected chi connectivity index (χ1v) is 6.66. The maximum absolute atomic E-state index is 11.1. The van der Waals surface area contributed by atoms with Gasteiger partial charge >= 0.3 is 11.9 Å². The van der Waals surface area contributed by atoms with Crippen LogP contribution in [0.2, 0.25) is 0 Å². The average Bonchev–Trinajstić information content (AvgIpc) is 2.24. The Morgan fingerprint density at radius 3 is 1.94 bits per heavy atom. The highest BCUT2D eigenvalue weighted by molar-refractivity contribution is 5.78. The van der Waals surface area contributed by atoms with Gasteiger partial charge in [-0.05, 0) is 42.9 Å². The topological polar surface area (TPSA) is 74.6 Å². The van der Waals surface area contributed by atoms with E-state index in [1.807, 2.05) is 0 Å². The van der Waals surface area contributed by atoms with Crippen LogP contribution in [0, 0.1) is 23.2 Å². The fourth-order valence-electron chi connectivity index (χ4n) is 3.03. The van der Waals surface area contributed by atoms with Crippen molar-refractivity contribution >= 4 is 11.9 Å². The van der Waals surface area contributed by atoms with Crippen molar-refractivity contribution in [1.82, 2.24) is 0 Å². The Morgan fingerprint density at radius 1 is 1.11 bits per heavy atom. The van der Waals surface area contributed by atoms with Crippen LogP contribution in [0.5, 0.6) is 0 Å². The third kappa shape index (κ3) is 4.00. The number of aliphatic carboxylic acids is 2. The van der Waals surface area contributed by atoms with E-state index in [4.69, 9.17) is 10.2 Å². The molecule has 0 bridgehead atoms. The zero-order valence-corrected chi connectivity index (χ0v) is 11.5. The molecular weight excluding hydrogens is 232 g/mol. The standard InChI is InChI=1S/C14H24O4/c1-14(2,3)10-6-4-9(5-7-10)11(13(17)18)8-12(15)16/h9-11H,4-8H2,1-3H3,(H,15,16)(H,17,18). The van der Waals surface area contributed by atoms with Crippen LogP contribution in [0.15, 0.2) is 0 Å². The van der Waals surface area contributed by atoms with Gasteiger partial charge in [-0.1, -0.05) is 20.8 Å². The molecule has 1 unspecified atom stereocenters. The normalized spacial score (nSPS) is 26.6. The Morgan fingerprint density at radius 2 is 1.61 bits per heavy atom. The molecule has 0 aromatic heterocycles. The molecule has 1 rings (SSSR count). The monoisotopic (exact) mass is 256 g/mol. The van der Waals surface area contributed by atoms with Gasteiger partial charge in [0.1, 0.15) is 0 Å². The Hall–Kier alpha value is -1.06. The summed E-state index contributed by atoms with van der Waals surface area (Å²) in [6, 6.07) is 0. The molecule has 1 aliphatic rings. The van der Waals surface area contributed by atoms with Crippen LogP contribution in [0.25, 0.3) is 0 Å². The first kappa shape index (κ1) is 15.0. The minimum atomic E-state index is -1.01. The van der Waals surface area contributed by atoms with Crippen molar-refractivity contribution in [3.8, 4) is 0 Å². The van der Waals surface area contributed by atoms with Gasteiger partial charge in [0.05, 0.1) is 12.3 Å². The summed E-state index contributed by atoms with van der Waals surface area (Å²) in [5, 5.41) is 17.9. The average molecular weight is 256 g/mol. The van der Waals surface area contributed by atoms with E-state index in [2.05, 4.69) is 20.8 Å². The summed E-state index contributed by atoms with van der Waals surface area (Å²) < 4.78 is 0. The van der Waals surface area contributed by atoms with Gasteiger partial charge in [-0.3, -0.25) is 9.59 Å². The lowest BCUT2D eigenvalue weighted by atomic mass is 9.67. The third-order valence-electron chi connectivity index (χ3n) is 4.28. The Labute approximate surface area is 108 Å². The van der Waals surface area contributed by atoms with Crippen molar-refractivity contribution in [2.75, 3.05) is 0 Å². The van der Waals surface area contributed by atoms with Crippen molar-refractivity contribution in [3.63, 3.8) is 0 Å². The number of carboxylic acid groups (broad SMARTS) is 2. The molecule has 4 heteroatoms. The largest absolute Gasteiger partial charge is 0.481 e. The minimum absolute atomic E-state index is 0.0252. The molecule has 0 aromatic carbocycles. The summed E-state index contributed by atoms with van der Waals surface area (Å²) in [4.78, 5) is 21.9. The Balaban J connectivity index is 2.59. The second kappa shape index (κ2) is 5.72. The summed E-state index contributed by atoms with van der Waals surface area (Å²) in [5.41, 5.74) is 0.260. The maximum Gasteiger partial charge on any atom is 0.307 e. The van der Waals surface area contributed by atoms with E-state index in [1.54, 1.807) is 0 Å². The van der Waals surface area contributed by atoms with E-state index >= 15 is 0 Å². The number of hydrogen-bond acceptors (Lipinski definition) is 2. The summed E-state index contributed by atoms with van der Waals surface area (Å²) >= 11 is 0. The van der Waals surface area contributed by atoms with Crippen LogP contribution in [0.3, 0.4) is 0 Å². The lowest BCUT2D eigenvalue weighted by Gasteiger charge is -2.38. The quantitative estimate of drug-likeness (QED) is 0.810. The van der Waals surface area contributed by atoms with Gasteiger partial charge in [0.2, 0.25) is 0 Å². The van der Waals surface area contributed by atoms with Crippen LogP contribution >= 0.6 is 0 Å². The second-order valence-corrected chi connectivity index (χ2v) is 6.52. The molecule has 0 radical (unpaired) electrons. The summed E-state index contributed by atoms with van der Waals surface area (Å²) in [6.07, 6.45) is 3.45. The molecule has 0 aromatic rings. The van der Waals surface area contributed by atoms with Crippen molar-refractivity contribution in [3.05, 3.63) is 0 Å². The molecule has 1 atom stereocenters. The van der Waals surface area contributed by atoms with Gasteiger partial charge in [-0.2, -0.15) is 0 Å². The fourth-order valence-corrected chi connectivity index (χ4v) is 3.03. The zero-order chi connectivity index (χ0) is 13.9. The van der Waals surface area contributed by atoms with Gasteiger partial charge in [-0.25, -0.2) is 0 Å². The van der Waals surface area contributed by atoms with Crippen molar-refractivity contribution in [2.24, 2.45) is 23.2 Å². The van der Waals surface area contributed by atoms with Gasteiger partial charge in [0.25, 0.3) is 0 Å². The summed E-state index contributed by atoms with van der Waals surface area (Å²) in [5.74, 6) is -2.05. The van der Waals surface area contributed by atoms with E-state index in [1.165, 1.54) is 0 Å². The Bertz CT molecular complexity index is 308. The molecular formula is C14H24O4. The molecule has 18 heavy (non-hydrogen) atoms. The lowest BCUT2D eigenvalue weighted by Crippen LogP contribution is -2.32. The van der Waals surface area contributed by atoms with Crippen LogP contribution < -0.4 is 0 Å². The maximum atomic E-state index is 11.1. The molecule has 0 spiro atoms. The molecule has 1 fully saturated rings. The van der Waals surface area contributed by atoms with Crippen molar-refractivity contribution < 1.29 is 19.8 Å². The minimum Gasteiger partial charge on any atom is -0.481 e. The van der Waals surface area contributed by atoms with E-state index in [0.29, 0.717) is 5.92 Å². The van der Waals surface area contributed by atoms with Crippen LogP contribution in [0.4, 0.5) is 0 Å². The van der Waals surface area contributed by atoms with E-state index < -0.39 is 17.9 Å². The molecule has 4 nitrogen and oxygen atoms in total.